The lowest BCUT2D eigenvalue weighted by molar-refractivity contribution is -0.141. The van der Waals surface area contributed by atoms with Crippen molar-refractivity contribution in [2.75, 3.05) is 0 Å². The minimum absolute atomic E-state index is 0.146. The summed E-state index contributed by atoms with van der Waals surface area (Å²) in [5, 5.41) is 13.4. The predicted molar refractivity (Wildman–Crippen MR) is 155 cm³/mol. The number of fused-ring (bicyclic) bond motifs is 1. The molecule has 6 aromatic rings. The molecule has 1 N–H and O–H groups in total. The number of hydrogen-bond acceptors (Lipinski definition) is 4. The van der Waals surface area contributed by atoms with Crippen LogP contribution in [0.1, 0.15) is 33.6 Å². The van der Waals surface area contributed by atoms with Gasteiger partial charge < -0.3 is 14.2 Å². The zero-order valence-corrected chi connectivity index (χ0v) is 23.4. The van der Waals surface area contributed by atoms with Gasteiger partial charge >= 0.3 is 6.18 Å². The highest BCUT2D eigenvalue weighted by atomic mass is 35.5. The van der Waals surface area contributed by atoms with Gasteiger partial charge in [-0.1, -0.05) is 54.1 Å². The van der Waals surface area contributed by atoms with E-state index >= 15 is 0 Å². The predicted octanol–water partition coefficient (Wildman–Crippen LogP) is 6.92. The third kappa shape index (κ3) is 4.84. The molecule has 0 radical (unpaired) electrons. The molecule has 6 nitrogen and oxygen atoms in total. The third-order valence-electron chi connectivity index (χ3n) is 7.42. The molecule has 1 atom stereocenters. The molecule has 4 aromatic heterocycles. The average Bonchev–Trinajstić information content (AvgIpc) is 3.62. The summed E-state index contributed by atoms with van der Waals surface area (Å²) in [6.45, 7) is 0. The summed E-state index contributed by atoms with van der Waals surface area (Å²) in [5.74, 6) is 0. The van der Waals surface area contributed by atoms with Gasteiger partial charge in [-0.3, -0.25) is 4.98 Å². The molecule has 0 saturated heterocycles. The van der Waals surface area contributed by atoms with Crippen molar-refractivity contribution in [1.29, 1.82) is 0 Å². The van der Waals surface area contributed by atoms with Crippen LogP contribution in [0.3, 0.4) is 0 Å². The highest BCUT2D eigenvalue weighted by Crippen LogP contribution is 2.41. The zero-order valence-electron chi connectivity index (χ0n) is 22.6. The van der Waals surface area contributed by atoms with E-state index in [1.165, 1.54) is 18.6 Å². The van der Waals surface area contributed by atoms with Crippen molar-refractivity contribution in [3.8, 4) is 11.3 Å². The number of rotatable bonds is 6. The van der Waals surface area contributed by atoms with Crippen LogP contribution in [0.4, 0.5) is 13.2 Å². The van der Waals surface area contributed by atoms with E-state index in [2.05, 4.69) is 9.97 Å². The maximum Gasteiger partial charge on any atom is 0.433 e. The number of benzene rings is 2. The van der Waals surface area contributed by atoms with Crippen LogP contribution in [0.2, 0.25) is 5.02 Å². The minimum atomic E-state index is -4.61. The van der Waals surface area contributed by atoms with Crippen molar-refractivity contribution >= 4 is 22.5 Å². The molecule has 10 heteroatoms. The van der Waals surface area contributed by atoms with Gasteiger partial charge in [0.25, 0.3) is 0 Å². The highest BCUT2D eigenvalue weighted by molar-refractivity contribution is 6.36. The monoisotopic (exact) mass is 587 g/mol. The van der Waals surface area contributed by atoms with Gasteiger partial charge in [-0.05, 0) is 35.4 Å². The molecule has 42 heavy (non-hydrogen) atoms. The summed E-state index contributed by atoms with van der Waals surface area (Å²) in [5.41, 5.74) is 2.07. The summed E-state index contributed by atoms with van der Waals surface area (Å²) >= 11 is 7.17. The van der Waals surface area contributed by atoms with Crippen LogP contribution in [0.25, 0.3) is 22.2 Å². The fraction of sp³-hybridized carbons (Fsp3) is 0.156. The van der Waals surface area contributed by atoms with Crippen molar-refractivity contribution in [3.63, 3.8) is 0 Å². The first kappa shape index (κ1) is 27.7. The van der Waals surface area contributed by atoms with Gasteiger partial charge in [0.15, 0.2) is 5.60 Å². The van der Waals surface area contributed by atoms with Gasteiger partial charge in [0, 0.05) is 61.2 Å². The Morgan fingerprint density at radius 2 is 1.69 bits per heavy atom. The Kier molecular flexibility index (Phi) is 6.87. The third-order valence-corrected chi connectivity index (χ3v) is 7.85. The van der Waals surface area contributed by atoms with Crippen LogP contribution in [-0.2, 0) is 32.3 Å². The quantitative estimate of drug-likeness (QED) is 0.230. The average molecular weight is 588 g/mol. The van der Waals surface area contributed by atoms with Gasteiger partial charge in [-0.2, -0.15) is 13.2 Å². The molecule has 212 valence electrons. The normalized spacial score (nSPS) is 13.4. The van der Waals surface area contributed by atoms with Crippen molar-refractivity contribution in [3.05, 3.63) is 137 Å². The smallest absolute Gasteiger partial charge is 0.374 e. The maximum atomic E-state index is 13.3. The van der Waals surface area contributed by atoms with Crippen LogP contribution in [-0.4, -0.2) is 29.2 Å². The second-order valence-corrected chi connectivity index (χ2v) is 10.6. The van der Waals surface area contributed by atoms with E-state index in [0.717, 1.165) is 34.6 Å². The van der Waals surface area contributed by atoms with Gasteiger partial charge in [-0.25, -0.2) is 9.97 Å². The molecular weight excluding hydrogens is 563 g/mol. The molecule has 6 rings (SSSR count). The molecule has 0 aliphatic rings. The molecule has 0 aliphatic heterocycles. The van der Waals surface area contributed by atoms with Gasteiger partial charge in [0.1, 0.15) is 5.69 Å². The van der Waals surface area contributed by atoms with Gasteiger partial charge in [0.2, 0.25) is 0 Å². The Balaban J connectivity index is 1.57. The van der Waals surface area contributed by atoms with Crippen LogP contribution < -0.4 is 0 Å². The summed E-state index contributed by atoms with van der Waals surface area (Å²) in [6.07, 6.45) is 3.85. The standard InChI is InChI=1S/C32H25ClF3N5O/c1-40-13-12-21(18-40)30-25(14-20-6-4-3-5-7-20)29(33)24-15-22(8-10-26(24)39-30)31(42,28-17-37-19-41(28)2)23-9-11-27(38-16-23)32(34,35)36/h3-13,15-19,42H,14H2,1-2H3. The SMILES string of the molecule is Cn1ccc(-c2nc3ccc(C(O)(c4ccc(C(F)(F)F)nc4)c4cncn4C)cc3c(Cl)c2Cc2ccccc2)c1. The largest absolute Gasteiger partial charge is 0.433 e. The lowest BCUT2D eigenvalue weighted by Gasteiger charge is -2.30. The summed E-state index contributed by atoms with van der Waals surface area (Å²) in [6, 6.07) is 19.2. The van der Waals surface area contributed by atoms with Crippen LogP contribution in [0.15, 0.2) is 97.8 Å². The lowest BCUT2D eigenvalue weighted by atomic mass is 9.83. The first-order valence-electron chi connectivity index (χ1n) is 13.1. The molecule has 0 amide bonds. The Morgan fingerprint density at radius 3 is 2.31 bits per heavy atom. The number of nitrogens with zero attached hydrogens (tertiary/aromatic N) is 5. The van der Waals surface area contributed by atoms with Crippen LogP contribution >= 0.6 is 11.6 Å². The molecule has 0 spiro atoms. The number of imidazole rings is 1. The molecule has 4 heterocycles. The summed E-state index contributed by atoms with van der Waals surface area (Å²) in [7, 11) is 3.63. The highest BCUT2D eigenvalue weighted by Gasteiger charge is 2.39. The molecule has 1 unspecified atom stereocenters. The fourth-order valence-corrected chi connectivity index (χ4v) is 5.58. The van der Waals surface area contributed by atoms with Crippen molar-refractivity contribution in [1.82, 2.24) is 24.1 Å². The van der Waals surface area contributed by atoms with E-state index < -0.39 is 17.5 Å². The van der Waals surface area contributed by atoms with Crippen LogP contribution in [0, 0.1) is 0 Å². The molecule has 0 fully saturated rings. The zero-order chi connectivity index (χ0) is 29.6. The first-order valence-corrected chi connectivity index (χ1v) is 13.5. The Hall–Kier alpha value is -4.47. The number of aryl methyl sites for hydroxylation is 2. The number of hydrogen-bond donors (Lipinski definition) is 1. The van der Waals surface area contributed by atoms with E-state index in [-0.39, 0.29) is 5.56 Å². The molecule has 0 aliphatic carbocycles. The van der Waals surface area contributed by atoms with E-state index in [1.54, 1.807) is 29.8 Å². The molecule has 0 saturated carbocycles. The van der Waals surface area contributed by atoms with Crippen molar-refractivity contribution in [2.24, 2.45) is 14.1 Å². The number of halogens is 4. The number of aliphatic hydroxyl groups is 1. The Bertz CT molecular complexity index is 1900. The Morgan fingerprint density at radius 1 is 0.929 bits per heavy atom. The van der Waals surface area contributed by atoms with E-state index in [4.69, 9.17) is 16.6 Å². The number of aromatic nitrogens is 5. The molecular formula is C32H25ClF3N5O. The van der Waals surface area contributed by atoms with E-state index in [0.29, 0.717) is 33.6 Å². The first-order chi connectivity index (χ1) is 20.1. The summed E-state index contributed by atoms with van der Waals surface area (Å²) < 4.78 is 43.4. The molecule has 0 bridgehead atoms. The topological polar surface area (TPSA) is 68.8 Å². The van der Waals surface area contributed by atoms with Gasteiger partial charge in [0.05, 0.1) is 34.5 Å². The lowest BCUT2D eigenvalue weighted by Crippen LogP contribution is -2.31. The number of alkyl halides is 3. The number of pyridine rings is 2. The second kappa shape index (κ2) is 10.4. The summed E-state index contributed by atoms with van der Waals surface area (Å²) in [4.78, 5) is 12.8. The van der Waals surface area contributed by atoms with E-state index in [9.17, 15) is 18.3 Å². The minimum Gasteiger partial charge on any atom is -0.374 e. The van der Waals surface area contributed by atoms with Crippen molar-refractivity contribution in [2.45, 2.75) is 18.2 Å². The molecule has 2 aromatic carbocycles. The van der Waals surface area contributed by atoms with Crippen molar-refractivity contribution < 1.29 is 18.3 Å². The Labute approximate surface area is 244 Å². The van der Waals surface area contributed by atoms with Gasteiger partial charge in [-0.15, -0.1) is 0 Å². The maximum absolute atomic E-state index is 13.3. The fourth-order valence-electron chi connectivity index (χ4n) is 5.28. The van der Waals surface area contributed by atoms with Crippen LogP contribution in [0.5, 0.6) is 0 Å². The van der Waals surface area contributed by atoms with E-state index in [1.807, 2.05) is 60.4 Å². The second-order valence-electron chi connectivity index (χ2n) is 10.2.